The summed E-state index contributed by atoms with van der Waals surface area (Å²) >= 11 is 0. The van der Waals surface area contributed by atoms with E-state index in [0.29, 0.717) is 12.6 Å². The van der Waals surface area contributed by atoms with E-state index in [-0.39, 0.29) is 17.7 Å². The monoisotopic (exact) mass is 371 g/mol. The van der Waals surface area contributed by atoms with E-state index in [1.165, 1.54) is 19.3 Å². The van der Waals surface area contributed by atoms with Crippen molar-refractivity contribution < 1.29 is 9.59 Å². The molecule has 0 atom stereocenters. The first kappa shape index (κ1) is 19.9. The molecule has 1 saturated carbocycles. The third-order valence-corrected chi connectivity index (χ3v) is 5.78. The van der Waals surface area contributed by atoms with Gasteiger partial charge in [-0.2, -0.15) is 0 Å². The van der Waals surface area contributed by atoms with Gasteiger partial charge in [-0.3, -0.25) is 14.5 Å². The molecule has 3 rings (SSSR count). The van der Waals surface area contributed by atoms with Crippen molar-refractivity contribution in [3.8, 4) is 0 Å². The SMILES string of the molecule is Cc1cc(C)cc(NC(=O)CN2CCC(C(=O)NC3CCCCC3)CC2)c1. The Bertz CT molecular complexity index is 639. The standard InChI is InChI=1S/C22H33N3O2/c1-16-12-17(2)14-20(13-16)23-21(26)15-25-10-8-18(9-11-25)22(27)24-19-6-4-3-5-7-19/h12-14,18-19H,3-11,15H2,1-2H3,(H,23,26)(H,24,27). The van der Waals surface area contributed by atoms with Gasteiger partial charge in [0, 0.05) is 17.6 Å². The fourth-order valence-electron chi connectivity index (χ4n) is 4.37. The Morgan fingerprint density at radius 2 is 1.59 bits per heavy atom. The van der Waals surface area contributed by atoms with E-state index in [9.17, 15) is 9.59 Å². The molecule has 1 aromatic carbocycles. The zero-order valence-corrected chi connectivity index (χ0v) is 16.7. The van der Waals surface area contributed by atoms with E-state index in [2.05, 4.69) is 21.6 Å². The van der Waals surface area contributed by atoms with E-state index >= 15 is 0 Å². The van der Waals surface area contributed by atoms with Crippen LogP contribution in [-0.4, -0.2) is 42.4 Å². The number of aryl methyl sites for hydroxylation is 2. The number of likely N-dealkylation sites (tertiary alicyclic amines) is 1. The number of nitrogens with one attached hydrogen (secondary N) is 2. The van der Waals surface area contributed by atoms with Crippen molar-refractivity contribution in [3.63, 3.8) is 0 Å². The maximum Gasteiger partial charge on any atom is 0.238 e. The number of carbonyl (C=O) groups is 2. The minimum Gasteiger partial charge on any atom is -0.353 e. The summed E-state index contributed by atoms with van der Waals surface area (Å²) < 4.78 is 0. The summed E-state index contributed by atoms with van der Waals surface area (Å²) in [7, 11) is 0. The molecular weight excluding hydrogens is 338 g/mol. The predicted molar refractivity (Wildman–Crippen MR) is 109 cm³/mol. The normalized spacial score (nSPS) is 19.6. The first-order valence-electron chi connectivity index (χ1n) is 10.4. The molecule has 5 nitrogen and oxygen atoms in total. The van der Waals surface area contributed by atoms with Crippen LogP contribution in [0, 0.1) is 19.8 Å². The molecule has 0 radical (unpaired) electrons. The summed E-state index contributed by atoms with van der Waals surface area (Å²) in [6, 6.07) is 6.46. The van der Waals surface area contributed by atoms with Crippen LogP contribution >= 0.6 is 0 Å². The molecule has 2 fully saturated rings. The zero-order chi connectivity index (χ0) is 19.2. The van der Waals surface area contributed by atoms with Gasteiger partial charge in [-0.05, 0) is 75.9 Å². The van der Waals surface area contributed by atoms with Crippen LogP contribution in [-0.2, 0) is 9.59 Å². The number of anilines is 1. The number of hydrogen-bond acceptors (Lipinski definition) is 3. The Labute approximate surface area is 162 Å². The van der Waals surface area contributed by atoms with Crippen molar-refractivity contribution in [1.29, 1.82) is 0 Å². The molecule has 2 aliphatic rings. The van der Waals surface area contributed by atoms with Gasteiger partial charge in [-0.25, -0.2) is 0 Å². The van der Waals surface area contributed by atoms with Crippen molar-refractivity contribution >= 4 is 17.5 Å². The van der Waals surface area contributed by atoms with E-state index in [1.807, 2.05) is 26.0 Å². The fraction of sp³-hybridized carbons (Fsp3) is 0.636. The lowest BCUT2D eigenvalue weighted by atomic mass is 9.92. The van der Waals surface area contributed by atoms with Crippen LogP contribution in [0.15, 0.2) is 18.2 Å². The molecule has 1 aliphatic heterocycles. The Morgan fingerprint density at radius 3 is 2.22 bits per heavy atom. The van der Waals surface area contributed by atoms with Gasteiger partial charge in [0.1, 0.15) is 0 Å². The van der Waals surface area contributed by atoms with Gasteiger partial charge >= 0.3 is 0 Å². The molecule has 1 aliphatic carbocycles. The van der Waals surface area contributed by atoms with Crippen LogP contribution in [0.1, 0.15) is 56.1 Å². The van der Waals surface area contributed by atoms with Crippen LogP contribution in [0.2, 0.25) is 0 Å². The Morgan fingerprint density at radius 1 is 0.963 bits per heavy atom. The molecule has 148 valence electrons. The van der Waals surface area contributed by atoms with E-state index in [4.69, 9.17) is 0 Å². The number of hydrogen-bond donors (Lipinski definition) is 2. The van der Waals surface area contributed by atoms with Gasteiger partial charge in [0.15, 0.2) is 0 Å². The average molecular weight is 372 g/mol. The largest absolute Gasteiger partial charge is 0.353 e. The Kier molecular flexibility index (Phi) is 6.89. The summed E-state index contributed by atoms with van der Waals surface area (Å²) in [5.74, 6) is 0.344. The molecule has 1 heterocycles. The molecule has 2 N–H and O–H groups in total. The van der Waals surface area contributed by atoms with E-state index < -0.39 is 0 Å². The Hall–Kier alpha value is -1.88. The second kappa shape index (κ2) is 9.36. The molecular formula is C22H33N3O2. The van der Waals surface area contributed by atoms with Gasteiger partial charge < -0.3 is 10.6 Å². The van der Waals surface area contributed by atoms with Gasteiger partial charge in [-0.15, -0.1) is 0 Å². The fourth-order valence-corrected chi connectivity index (χ4v) is 4.37. The maximum atomic E-state index is 12.5. The highest BCUT2D eigenvalue weighted by Gasteiger charge is 2.27. The van der Waals surface area contributed by atoms with Crippen LogP contribution in [0.5, 0.6) is 0 Å². The van der Waals surface area contributed by atoms with Crippen molar-refractivity contribution in [3.05, 3.63) is 29.3 Å². The molecule has 2 amide bonds. The molecule has 0 unspecified atom stereocenters. The number of nitrogens with zero attached hydrogens (tertiary/aromatic N) is 1. The lowest BCUT2D eigenvalue weighted by Gasteiger charge is -2.32. The van der Waals surface area contributed by atoms with Crippen molar-refractivity contribution in [2.45, 2.75) is 64.8 Å². The van der Waals surface area contributed by atoms with Crippen LogP contribution < -0.4 is 10.6 Å². The molecule has 0 bridgehead atoms. The number of carbonyl (C=O) groups excluding carboxylic acids is 2. The summed E-state index contributed by atoms with van der Waals surface area (Å²) in [6.07, 6.45) is 7.71. The van der Waals surface area contributed by atoms with Gasteiger partial charge in [0.2, 0.25) is 11.8 Å². The van der Waals surface area contributed by atoms with Crippen LogP contribution in [0.3, 0.4) is 0 Å². The summed E-state index contributed by atoms with van der Waals surface area (Å²) in [5.41, 5.74) is 3.16. The maximum absolute atomic E-state index is 12.5. The third-order valence-electron chi connectivity index (χ3n) is 5.78. The van der Waals surface area contributed by atoms with Crippen LogP contribution in [0.25, 0.3) is 0 Å². The number of rotatable bonds is 5. The van der Waals surface area contributed by atoms with Crippen molar-refractivity contribution in [2.24, 2.45) is 5.92 Å². The topological polar surface area (TPSA) is 61.4 Å². The summed E-state index contributed by atoms with van der Waals surface area (Å²) in [4.78, 5) is 27.0. The second-order valence-corrected chi connectivity index (χ2v) is 8.32. The van der Waals surface area contributed by atoms with Gasteiger partial charge in [0.25, 0.3) is 0 Å². The summed E-state index contributed by atoms with van der Waals surface area (Å²) in [6.45, 7) is 6.08. The third kappa shape index (κ3) is 6.06. The highest BCUT2D eigenvalue weighted by atomic mass is 16.2. The highest BCUT2D eigenvalue weighted by Crippen LogP contribution is 2.21. The quantitative estimate of drug-likeness (QED) is 0.834. The van der Waals surface area contributed by atoms with Crippen molar-refractivity contribution in [1.82, 2.24) is 10.2 Å². The highest BCUT2D eigenvalue weighted by molar-refractivity contribution is 5.92. The minimum atomic E-state index is 0.0186. The molecule has 27 heavy (non-hydrogen) atoms. The first-order chi connectivity index (χ1) is 13.0. The van der Waals surface area contributed by atoms with E-state index in [1.54, 1.807) is 0 Å². The van der Waals surface area contributed by atoms with E-state index in [0.717, 1.165) is 55.6 Å². The molecule has 0 aromatic heterocycles. The Balaban J connectivity index is 1.40. The number of benzene rings is 1. The lowest BCUT2D eigenvalue weighted by molar-refractivity contribution is -0.127. The van der Waals surface area contributed by atoms with Gasteiger partial charge in [-0.1, -0.05) is 25.3 Å². The van der Waals surface area contributed by atoms with Gasteiger partial charge in [0.05, 0.1) is 6.54 Å². The zero-order valence-electron chi connectivity index (χ0n) is 16.7. The lowest BCUT2D eigenvalue weighted by Crippen LogP contribution is -2.45. The average Bonchev–Trinajstić information content (AvgIpc) is 2.62. The second-order valence-electron chi connectivity index (χ2n) is 8.32. The molecule has 5 heteroatoms. The molecule has 1 aromatic rings. The molecule has 0 spiro atoms. The smallest absolute Gasteiger partial charge is 0.238 e. The summed E-state index contributed by atoms with van der Waals surface area (Å²) in [5, 5.41) is 6.25. The molecule has 1 saturated heterocycles. The van der Waals surface area contributed by atoms with Crippen LogP contribution in [0.4, 0.5) is 5.69 Å². The number of amides is 2. The first-order valence-corrected chi connectivity index (χ1v) is 10.4. The predicted octanol–water partition coefficient (Wildman–Crippen LogP) is 3.40. The minimum absolute atomic E-state index is 0.0186. The number of piperidine rings is 1. The van der Waals surface area contributed by atoms with Crippen molar-refractivity contribution in [2.75, 3.05) is 25.0 Å².